The Morgan fingerprint density at radius 3 is 2.81 bits per heavy atom. The zero-order chi connectivity index (χ0) is 12.3. The molecule has 1 rings (SSSR count). The van der Waals surface area contributed by atoms with Crippen LogP contribution in [0.1, 0.15) is 0 Å². The standard InChI is InChI=1S/C7H7BrN4O4/c8-4-1-5(12(15)16)7(14)11(2-4)3-6(13)10-9/h1-2H,3,9H2,(H,10,13). The van der Waals surface area contributed by atoms with E-state index in [-0.39, 0.29) is 6.54 Å². The van der Waals surface area contributed by atoms with E-state index >= 15 is 0 Å². The average Bonchev–Trinajstić information content (AvgIpc) is 2.22. The molecule has 3 N–H and O–H groups in total. The molecule has 0 aliphatic heterocycles. The van der Waals surface area contributed by atoms with E-state index < -0.39 is 22.1 Å². The molecule has 0 spiro atoms. The summed E-state index contributed by atoms with van der Waals surface area (Å²) in [4.78, 5) is 32.2. The van der Waals surface area contributed by atoms with Gasteiger partial charge in [-0.2, -0.15) is 0 Å². The molecular weight excluding hydrogens is 284 g/mol. The van der Waals surface area contributed by atoms with Crippen LogP contribution in [0.15, 0.2) is 21.5 Å². The molecule has 0 aliphatic carbocycles. The second-order valence-corrected chi connectivity index (χ2v) is 3.72. The Bertz CT molecular complexity index is 498. The first-order valence-electron chi connectivity index (χ1n) is 3.99. The number of hydrogen-bond acceptors (Lipinski definition) is 5. The van der Waals surface area contributed by atoms with Crippen molar-refractivity contribution in [3.05, 3.63) is 37.2 Å². The molecule has 0 saturated heterocycles. The van der Waals surface area contributed by atoms with E-state index in [4.69, 9.17) is 5.84 Å². The van der Waals surface area contributed by atoms with E-state index in [1.807, 2.05) is 5.43 Å². The Hall–Kier alpha value is -1.74. The number of hydrogen-bond donors (Lipinski definition) is 2. The summed E-state index contributed by atoms with van der Waals surface area (Å²) in [5, 5.41) is 10.5. The van der Waals surface area contributed by atoms with Gasteiger partial charge in [0.05, 0.1) is 4.92 Å². The van der Waals surface area contributed by atoms with E-state index in [0.29, 0.717) is 4.47 Å². The molecule has 16 heavy (non-hydrogen) atoms. The van der Waals surface area contributed by atoms with Crippen LogP contribution >= 0.6 is 15.9 Å². The van der Waals surface area contributed by atoms with Gasteiger partial charge in [-0.25, -0.2) is 5.84 Å². The second-order valence-electron chi connectivity index (χ2n) is 2.80. The van der Waals surface area contributed by atoms with Crippen molar-refractivity contribution in [2.24, 2.45) is 5.84 Å². The van der Waals surface area contributed by atoms with Gasteiger partial charge in [-0.05, 0) is 15.9 Å². The molecule has 1 aromatic rings. The van der Waals surface area contributed by atoms with Gasteiger partial charge in [0.1, 0.15) is 6.54 Å². The van der Waals surface area contributed by atoms with Crippen LogP contribution in [-0.4, -0.2) is 15.4 Å². The summed E-state index contributed by atoms with van der Waals surface area (Å²) in [6, 6.07) is 1.07. The van der Waals surface area contributed by atoms with Crippen molar-refractivity contribution in [2.45, 2.75) is 6.54 Å². The highest BCUT2D eigenvalue weighted by Gasteiger charge is 2.16. The van der Waals surface area contributed by atoms with Crippen molar-refractivity contribution >= 4 is 27.5 Å². The van der Waals surface area contributed by atoms with E-state index in [9.17, 15) is 19.7 Å². The number of amides is 1. The van der Waals surface area contributed by atoms with Crippen molar-refractivity contribution in [2.75, 3.05) is 0 Å². The summed E-state index contributed by atoms with van der Waals surface area (Å²) in [5.74, 6) is 4.22. The average molecular weight is 291 g/mol. The fourth-order valence-electron chi connectivity index (χ4n) is 1.03. The smallest absolute Gasteiger partial charge is 0.299 e. The maximum absolute atomic E-state index is 11.5. The van der Waals surface area contributed by atoms with Gasteiger partial charge < -0.3 is 0 Å². The van der Waals surface area contributed by atoms with Gasteiger partial charge in [-0.1, -0.05) is 0 Å². The number of hydrazine groups is 1. The van der Waals surface area contributed by atoms with Crippen molar-refractivity contribution in [1.29, 1.82) is 0 Å². The zero-order valence-electron chi connectivity index (χ0n) is 7.84. The number of carbonyl (C=O) groups excluding carboxylic acids is 1. The zero-order valence-corrected chi connectivity index (χ0v) is 9.43. The molecule has 0 fully saturated rings. The first kappa shape index (κ1) is 12.3. The Morgan fingerprint density at radius 1 is 1.69 bits per heavy atom. The molecule has 9 heteroatoms. The van der Waals surface area contributed by atoms with Crippen LogP contribution in [0.5, 0.6) is 0 Å². The SMILES string of the molecule is NNC(=O)Cn1cc(Br)cc([N+](=O)[O-])c1=O. The molecule has 8 nitrogen and oxygen atoms in total. The van der Waals surface area contributed by atoms with Crippen molar-refractivity contribution < 1.29 is 9.72 Å². The molecular formula is C7H7BrN4O4. The lowest BCUT2D eigenvalue weighted by atomic mass is 10.4. The molecule has 0 aromatic carbocycles. The highest BCUT2D eigenvalue weighted by molar-refractivity contribution is 9.10. The number of nitrogens with zero attached hydrogens (tertiary/aromatic N) is 2. The predicted octanol–water partition coefficient (Wildman–Crippen LogP) is -0.491. The number of nitrogens with two attached hydrogens (primary N) is 1. The van der Waals surface area contributed by atoms with Gasteiger partial charge in [0.15, 0.2) is 0 Å². The number of halogens is 1. The molecule has 0 unspecified atom stereocenters. The van der Waals surface area contributed by atoms with Crippen LogP contribution in [0, 0.1) is 10.1 Å². The van der Waals surface area contributed by atoms with Gasteiger partial charge in [0.2, 0.25) is 0 Å². The van der Waals surface area contributed by atoms with E-state index in [1.165, 1.54) is 6.20 Å². The van der Waals surface area contributed by atoms with Crippen molar-refractivity contribution in [1.82, 2.24) is 9.99 Å². The molecule has 0 radical (unpaired) electrons. The molecule has 1 amide bonds. The summed E-state index contributed by atoms with van der Waals surface area (Å²) in [5.41, 5.74) is 0.349. The van der Waals surface area contributed by atoms with Gasteiger partial charge in [-0.15, -0.1) is 0 Å². The number of carbonyl (C=O) groups is 1. The lowest BCUT2D eigenvalue weighted by molar-refractivity contribution is -0.386. The minimum atomic E-state index is -0.864. The number of pyridine rings is 1. The highest BCUT2D eigenvalue weighted by atomic mass is 79.9. The Labute approximate surface area is 97.3 Å². The topological polar surface area (TPSA) is 120 Å². The van der Waals surface area contributed by atoms with Crippen LogP contribution in [0.2, 0.25) is 0 Å². The number of rotatable bonds is 3. The lowest BCUT2D eigenvalue weighted by Crippen LogP contribution is -2.36. The highest BCUT2D eigenvalue weighted by Crippen LogP contribution is 2.13. The fraction of sp³-hybridized carbons (Fsp3) is 0.143. The first-order valence-corrected chi connectivity index (χ1v) is 4.79. The second kappa shape index (κ2) is 4.86. The first-order chi connectivity index (χ1) is 7.45. The fourth-order valence-corrected chi connectivity index (χ4v) is 1.50. The van der Waals surface area contributed by atoms with Crippen LogP contribution < -0.4 is 16.8 Å². The molecule has 1 aromatic heterocycles. The summed E-state index contributed by atoms with van der Waals surface area (Å²) in [7, 11) is 0. The number of nitro groups is 1. The third-order valence-corrected chi connectivity index (χ3v) is 2.14. The predicted molar refractivity (Wildman–Crippen MR) is 57.4 cm³/mol. The van der Waals surface area contributed by atoms with Crippen LogP contribution in [0.3, 0.4) is 0 Å². The molecule has 0 aliphatic rings. The van der Waals surface area contributed by atoms with Crippen LogP contribution in [0.25, 0.3) is 0 Å². The van der Waals surface area contributed by atoms with Crippen LogP contribution in [0.4, 0.5) is 5.69 Å². The summed E-state index contributed by atoms with van der Waals surface area (Å²) >= 11 is 3.00. The lowest BCUT2D eigenvalue weighted by Gasteiger charge is -2.04. The van der Waals surface area contributed by atoms with Gasteiger partial charge >= 0.3 is 11.2 Å². The quantitative estimate of drug-likeness (QED) is 0.337. The normalized spacial score (nSPS) is 9.88. The van der Waals surface area contributed by atoms with E-state index in [1.54, 1.807) is 0 Å². The monoisotopic (exact) mass is 290 g/mol. The maximum atomic E-state index is 11.5. The van der Waals surface area contributed by atoms with Gasteiger partial charge in [0, 0.05) is 16.7 Å². The van der Waals surface area contributed by atoms with E-state index in [0.717, 1.165) is 10.6 Å². The van der Waals surface area contributed by atoms with Crippen molar-refractivity contribution in [3.63, 3.8) is 0 Å². The van der Waals surface area contributed by atoms with Gasteiger partial charge in [0.25, 0.3) is 5.91 Å². The van der Waals surface area contributed by atoms with Gasteiger partial charge in [-0.3, -0.25) is 29.7 Å². The van der Waals surface area contributed by atoms with E-state index in [2.05, 4.69) is 15.9 Å². The summed E-state index contributed by atoms with van der Waals surface area (Å²) in [6.07, 6.45) is 1.27. The summed E-state index contributed by atoms with van der Waals surface area (Å²) in [6.45, 7) is -0.379. The molecule has 0 saturated carbocycles. The molecule has 86 valence electrons. The molecule has 0 bridgehead atoms. The minimum Gasteiger partial charge on any atom is -0.299 e. The maximum Gasteiger partial charge on any atom is 0.335 e. The largest absolute Gasteiger partial charge is 0.335 e. The molecule has 0 atom stereocenters. The van der Waals surface area contributed by atoms with Crippen molar-refractivity contribution in [3.8, 4) is 0 Å². The molecule has 1 heterocycles. The summed E-state index contributed by atoms with van der Waals surface area (Å²) < 4.78 is 1.22. The Kier molecular flexibility index (Phi) is 3.74. The van der Waals surface area contributed by atoms with Crippen LogP contribution in [-0.2, 0) is 11.3 Å². The minimum absolute atomic E-state index is 0.323. The third kappa shape index (κ3) is 2.64. The Morgan fingerprint density at radius 2 is 2.31 bits per heavy atom. The number of nitrogens with one attached hydrogen (secondary N) is 1. The number of aromatic nitrogens is 1. The Balaban J connectivity index is 3.25. The third-order valence-electron chi connectivity index (χ3n) is 1.71.